The molecule has 1 saturated heterocycles. The van der Waals surface area contributed by atoms with E-state index in [-0.39, 0.29) is 11.8 Å². The minimum absolute atomic E-state index is 0.0142. The van der Waals surface area contributed by atoms with Crippen LogP contribution in [0.4, 0.5) is 0 Å². The Kier molecular flexibility index (Phi) is 5.14. The van der Waals surface area contributed by atoms with Gasteiger partial charge in [0.15, 0.2) is 0 Å². The molecule has 1 fully saturated rings. The average Bonchev–Trinajstić information content (AvgIpc) is 3.06. The van der Waals surface area contributed by atoms with Gasteiger partial charge in [-0.25, -0.2) is 0 Å². The number of nitrogens with one attached hydrogen (secondary N) is 1. The number of rotatable bonds is 4. The summed E-state index contributed by atoms with van der Waals surface area (Å²) in [7, 11) is 0. The number of hydrogen-bond acceptors (Lipinski definition) is 6. The molecular formula is C16H19N5O2S. The third kappa shape index (κ3) is 3.76. The number of likely N-dealkylation sites (tertiary alicyclic amines) is 1. The summed E-state index contributed by atoms with van der Waals surface area (Å²) in [6, 6.07) is 3.49. The standard InChI is InChI=1S/C16H19N5O2S/c1-11-14(24-20-19-11)16(23)21-7-4-12(5-8-21)9-18-15(22)13-3-2-6-17-10-13/h2-3,6,10,12H,4-5,7-9H2,1H3,(H,18,22). The zero-order valence-corrected chi connectivity index (χ0v) is 14.3. The molecule has 2 aromatic heterocycles. The molecule has 2 amide bonds. The highest BCUT2D eigenvalue weighted by molar-refractivity contribution is 7.07. The Bertz CT molecular complexity index is 710. The maximum atomic E-state index is 12.4. The van der Waals surface area contributed by atoms with Crippen LogP contribution in [0.3, 0.4) is 0 Å². The molecule has 0 aliphatic carbocycles. The molecule has 2 aromatic rings. The third-order valence-corrected chi connectivity index (χ3v) is 5.04. The molecule has 126 valence electrons. The van der Waals surface area contributed by atoms with Gasteiger partial charge in [-0.15, -0.1) is 5.10 Å². The van der Waals surface area contributed by atoms with Crippen LogP contribution < -0.4 is 5.32 Å². The molecule has 0 bridgehead atoms. The molecule has 1 aliphatic rings. The van der Waals surface area contributed by atoms with Gasteiger partial charge in [-0.1, -0.05) is 4.49 Å². The Balaban J connectivity index is 1.46. The highest BCUT2D eigenvalue weighted by Gasteiger charge is 2.26. The normalized spacial score (nSPS) is 15.3. The van der Waals surface area contributed by atoms with Crippen molar-refractivity contribution in [1.82, 2.24) is 24.8 Å². The molecule has 0 radical (unpaired) electrons. The lowest BCUT2D eigenvalue weighted by atomic mass is 9.96. The molecule has 0 unspecified atom stereocenters. The first-order valence-corrected chi connectivity index (χ1v) is 8.69. The number of aromatic nitrogens is 3. The number of amides is 2. The van der Waals surface area contributed by atoms with Crippen molar-refractivity contribution in [3.63, 3.8) is 0 Å². The van der Waals surface area contributed by atoms with Crippen LogP contribution in [0, 0.1) is 12.8 Å². The van der Waals surface area contributed by atoms with Crippen molar-refractivity contribution in [3.8, 4) is 0 Å². The Morgan fingerprint density at radius 3 is 2.79 bits per heavy atom. The summed E-state index contributed by atoms with van der Waals surface area (Å²) in [6.07, 6.45) is 4.96. The monoisotopic (exact) mass is 345 g/mol. The van der Waals surface area contributed by atoms with Crippen LogP contribution >= 0.6 is 11.5 Å². The first-order valence-electron chi connectivity index (χ1n) is 7.91. The van der Waals surface area contributed by atoms with Crippen LogP contribution in [0.2, 0.25) is 0 Å². The maximum absolute atomic E-state index is 12.4. The van der Waals surface area contributed by atoms with Crippen molar-refractivity contribution < 1.29 is 9.59 Å². The second kappa shape index (κ2) is 7.48. The van der Waals surface area contributed by atoms with Crippen LogP contribution in [0.1, 0.15) is 38.6 Å². The van der Waals surface area contributed by atoms with Gasteiger partial charge in [0, 0.05) is 32.0 Å². The first-order chi connectivity index (χ1) is 11.6. The smallest absolute Gasteiger partial charge is 0.267 e. The molecule has 0 saturated carbocycles. The highest BCUT2D eigenvalue weighted by Crippen LogP contribution is 2.20. The minimum atomic E-state index is -0.104. The fourth-order valence-electron chi connectivity index (χ4n) is 2.75. The maximum Gasteiger partial charge on any atom is 0.267 e. The van der Waals surface area contributed by atoms with E-state index >= 15 is 0 Å². The SMILES string of the molecule is Cc1nnsc1C(=O)N1CCC(CNC(=O)c2cccnc2)CC1. The second-order valence-electron chi connectivity index (χ2n) is 5.87. The van der Waals surface area contributed by atoms with Gasteiger partial charge >= 0.3 is 0 Å². The van der Waals surface area contributed by atoms with E-state index in [2.05, 4.69) is 19.9 Å². The quantitative estimate of drug-likeness (QED) is 0.908. The first kappa shape index (κ1) is 16.5. The zero-order chi connectivity index (χ0) is 16.9. The van der Waals surface area contributed by atoms with Crippen LogP contribution in [0.25, 0.3) is 0 Å². The molecule has 0 aromatic carbocycles. The molecule has 24 heavy (non-hydrogen) atoms. The number of piperidine rings is 1. The van der Waals surface area contributed by atoms with E-state index in [0.717, 1.165) is 24.4 Å². The summed E-state index contributed by atoms with van der Waals surface area (Å²) in [5.41, 5.74) is 1.26. The fourth-order valence-corrected chi connectivity index (χ4v) is 3.37. The van der Waals surface area contributed by atoms with Gasteiger partial charge in [-0.05, 0) is 49.3 Å². The molecule has 3 heterocycles. The summed E-state index contributed by atoms with van der Waals surface area (Å²) in [4.78, 5) is 30.9. The minimum Gasteiger partial charge on any atom is -0.352 e. The summed E-state index contributed by atoms with van der Waals surface area (Å²) in [5.74, 6) is 0.295. The third-order valence-electron chi connectivity index (χ3n) is 4.22. The van der Waals surface area contributed by atoms with Gasteiger partial charge in [0.25, 0.3) is 11.8 Å². The zero-order valence-electron chi connectivity index (χ0n) is 13.4. The van der Waals surface area contributed by atoms with Gasteiger partial charge in [0.2, 0.25) is 0 Å². The summed E-state index contributed by atoms with van der Waals surface area (Å²) >= 11 is 1.15. The molecule has 7 nitrogen and oxygen atoms in total. The van der Waals surface area contributed by atoms with Crippen molar-refractivity contribution in [2.75, 3.05) is 19.6 Å². The Morgan fingerprint density at radius 1 is 1.38 bits per heavy atom. The molecule has 1 aliphatic heterocycles. The number of hydrogen-bond donors (Lipinski definition) is 1. The van der Waals surface area contributed by atoms with Crippen LogP contribution in [0.5, 0.6) is 0 Å². The molecule has 0 spiro atoms. The number of nitrogens with zero attached hydrogens (tertiary/aromatic N) is 4. The number of carbonyl (C=O) groups is 2. The average molecular weight is 345 g/mol. The highest BCUT2D eigenvalue weighted by atomic mass is 32.1. The topological polar surface area (TPSA) is 88.1 Å². The van der Waals surface area contributed by atoms with Crippen LogP contribution in [-0.4, -0.2) is 50.9 Å². The van der Waals surface area contributed by atoms with Crippen LogP contribution in [-0.2, 0) is 0 Å². The van der Waals surface area contributed by atoms with E-state index in [1.807, 2.05) is 4.90 Å². The van der Waals surface area contributed by atoms with Gasteiger partial charge < -0.3 is 10.2 Å². The molecule has 3 rings (SSSR count). The van der Waals surface area contributed by atoms with E-state index in [1.54, 1.807) is 31.5 Å². The van der Waals surface area contributed by atoms with Gasteiger partial charge in [-0.3, -0.25) is 14.6 Å². The Labute approximate surface area is 144 Å². The van der Waals surface area contributed by atoms with Crippen molar-refractivity contribution in [3.05, 3.63) is 40.7 Å². The second-order valence-corrected chi connectivity index (χ2v) is 6.63. The van der Waals surface area contributed by atoms with Crippen molar-refractivity contribution >= 4 is 23.3 Å². The molecule has 8 heteroatoms. The molecule has 1 N–H and O–H groups in total. The fraction of sp³-hybridized carbons (Fsp3) is 0.438. The van der Waals surface area contributed by atoms with Gasteiger partial charge in [0.1, 0.15) is 4.88 Å². The summed E-state index contributed by atoms with van der Waals surface area (Å²) < 4.78 is 3.82. The van der Waals surface area contributed by atoms with E-state index in [1.165, 1.54) is 0 Å². The largest absolute Gasteiger partial charge is 0.352 e. The van der Waals surface area contributed by atoms with E-state index in [9.17, 15) is 9.59 Å². The summed E-state index contributed by atoms with van der Waals surface area (Å²) in [5, 5.41) is 6.84. The van der Waals surface area contributed by atoms with E-state index in [0.29, 0.717) is 41.7 Å². The number of pyridine rings is 1. The molecule has 0 atom stereocenters. The lowest BCUT2D eigenvalue weighted by Crippen LogP contribution is -2.41. The van der Waals surface area contributed by atoms with Crippen molar-refractivity contribution in [2.24, 2.45) is 5.92 Å². The van der Waals surface area contributed by atoms with Gasteiger partial charge in [-0.2, -0.15) is 0 Å². The number of aryl methyl sites for hydroxylation is 1. The Hall–Kier alpha value is -2.35. The lowest BCUT2D eigenvalue weighted by molar-refractivity contribution is 0.0688. The number of carbonyl (C=O) groups excluding carboxylic acids is 2. The van der Waals surface area contributed by atoms with Crippen molar-refractivity contribution in [2.45, 2.75) is 19.8 Å². The lowest BCUT2D eigenvalue weighted by Gasteiger charge is -2.31. The Morgan fingerprint density at radius 2 is 2.17 bits per heavy atom. The molecular weight excluding hydrogens is 326 g/mol. The predicted octanol–water partition coefficient (Wildman–Crippen LogP) is 1.52. The summed E-state index contributed by atoms with van der Waals surface area (Å²) in [6.45, 7) is 3.82. The van der Waals surface area contributed by atoms with Gasteiger partial charge in [0.05, 0.1) is 11.3 Å². The van der Waals surface area contributed by atoms with E-state index in [4.69, 9.17) is 0 Å². The van der Waals surface area contributed by atoms with Crippen molar-refractivity contribution in [1.29, 1.82) is 0 Å². The predicted molar refractivity (Wildman–Crippen MR) is 89.8 cm³/mol. The van der Waals surface area contributed by atoms with Crippen LogP contribution in [0.15, 0.2) is 24.5 Å². The van der Waals surface area contributed by atoms with E-state index < -0.39 is 0 Å².